The zero-order chi connectivity index (χ0) is 27.8. The number of alkyl halides is 3. The van der Waals surface area contributed by atoms with Crippen LogP contribution >= 0.6 is 0 Å². The maximum absolute atomic E-state index is 12.9. The number of pyridine rings is 1. The van der Waals surface area contributed by atoms with Crippen LogP contribution in [0.2, 0.25) is 0 Å². The molecule has 2 aromatic carbocycles. The van der Waals surface area contributed by atoms with E-state index in [0.717, 1.165) is 17.7 Å². The second-order valence-corrected chi connectivity index (χ2v) is 8.24. The molecule has 3 N–H and O–H groups in total. The van der Waals surface area contributed by atoms with Crippen molar-refractivity contribution in [1.29, 1.82) is 0 Å². The first-order valence-electron chi connectivity index (χ1n) is 11.6. The monoisotopic (exact) mass is 537 g/mol. The molecule has 4 aromatic rings. The van der Waals surface area contributed by atoms with Crippen molar-refractivity contribution in [3.05, 3.63) is 106 Å². The average molecular weight is 538 g/mol. The van der Waals surface area contributed by atoms with E-state index < -0.39 is 22.6 Å². The molecule has 2 aromatic heterocycles. The molecular formula is C26H22F3N7O3. The topological polar surface area (TPSA) is 135 Å². The largest absolute Gasteiger partial charge is 0.416 e. The van der Waals surface area contributed by atoms with Gasteiger partial charge in [0.15, 0.2) is 0 Å². The fourth-order valence-electron chi connectivity index (χ4n) is 3.50. The summed E-state index contributed by atoms with van der Waals surface area (Å²) in [5.41, 5.74) is 1.19. The fourth-order valence-corrected chi connectivity index (χ4v) is 3.50. The normalized spacial score (nSPS) is 11.1. The summed E-state index contributed by atoms with van der Waals surface area (Å²) in [4.78, 5) is 35.3. The molecule has 10 nitrogen and oxygen atoms in total. The Hall–Kier alpha value is -5.07. The lowest BCUT2D eigenvalue weighted by Crippen LogP contribution is -2.23. The van der Waals surface area contributed by atoms with Crippen molar-refractivity contribution in [2.75, 3.05) is 23.7 Å². The molecule has 13 heteroatoms. The molecule has 4 rings (SSSR count). The Bertz CT molecular complexity index is 1450. The van der Waals surface area contributed by atoms with E-state index in [0.29, 0.717) is 41.7 Å². The number of carbonyl (C=O) groups excluding carboxylic acids is 1. The highest BCUT2D eigenvalue weighted by Gasteiger charge is 2.30. The number of amides is 1. The third-order valence-corrected chi connectivity index (χ3v) is 5.48. The molecule has 0 aliphatic heterocycles. The number of hydrogen-bond acceptors (Lipinski definition) is 8. The van der Waals surface area contributed by atoms with E-state index in [2.05, 4.69) is 30.9 Å². The Kier molecular flexibility index (Phi) is 8.29. The average Bonchev–Trinajstić information content (AvgIpc) is 2.94. The SMILES string of the molecule is O=C(NCc1cccc(C(F)(F)F)c1)c1ccc(-c2ccnc(NCCNc3ccc([N+](=O)[O-])cn3)n2)cc1. The Labute approximate surface area is 220 Å². The van der Waals surface area contributed by atoms with Gasteiger partial charge in [-0.15, -0.1) is 0 Å². The van der Waals surface area contributed by atoms with Crippen molar-refractivity contribution in [1.82, 2.24) is 20.3 Å². The van der Waals surface area contributed by atoms with Gasteiger partial charge in [-0.3, -0.25) is 14.9 Å². The van der Waals surface area contributed by atoms with Gasteiger partial charge in [-0.25, -0.2) is 15.0 Å². The van der Waals surface area contributed by atoms with E-state index in [1.54, 1.807) is 36.5 Å². The van der Waals surface area contributed by atoms with E-state index in [1.807, 2.05) is 0 Å². The number of benzene rings is 2. The van der Waals surface area contributed by atoms with Gasteiger partial charge in [-0.05, 0) is 42.0 Å². The van der Waals surface area contributed by atoms with Crippen LogP contribution in [0.15, 0.2) is 79.1 Å². The molecule has 0 saturated heterocycles. The number of anilines is 2. The first-order valence-corrected chi connectivity index (χ1v) is 11.6. The molecule has 39 heavy (non-hydrogen) atoms. The lowest BCUT2D eigenvalue weighted by molar-refractivity contribution is -0.385. The van der Waals surface area contributed by atoms with Gasteiger partial charge in [0.2, 0.25) is 5.95 Å². The molecule has 0 fully saturated rings. The van der Waals surface area contributed by atoms with Crippen molar-refractivity contribution in [3.8, 4) is 11.3 Å². The summed E-state index contributed by atoms with van der Waals surface area (Å²) in [7, 11) is 0. The predicted molar refractivity (Wildman–Crippen MR) is 138 cm³/mol. The van der Waals surface area contributed by atoms with Crippen LogP contribution in [0.5, 0.6) is 0 Å². The zero-order valence-electron chi connectivity index (χ0n) is 20.3. The maximum Gasteiger partial charge on any atom is 0.416 e. The molecule has 0 aliphatic rings. The molecule has 0 saturated carbocycles. The Morgan fingerprint density at radius 1 is 0.949 bits per heavy atom. The predicted octanol–water partition coefficient (Wildman–Crippen LogP) is 4.92. The van der Waals surface area contributed by atoms with Crippen LogP contribution in [0.1, 0.15) is 21.5 Å². The van der Waals surface area contributed by atoms with E-state index in [1.165, 1.54) is 30.5 Å². The highest BCUT2D eigenvalue weighted by atomic mass is 19.4. The third kappa shape index (κ3) is 7.47. The number of nitrogens with one attached hydrogen (secondary N) is 3. The first-order chi connectivity index (χ1) is 18.7. The van der Waals surface area contributed by atoms with Gasteiger partial charge in [0, 0.05) is 43.0 Å². The van der Waals surface area contributed by atoms with Crippen LogP contribution in [0, 0.1) is 10.1 Å². The molecule has 0 atom stereocenters. The summed E-state index contributed by atoms with van der Waals surface area (Å²) < 4.78 is 38.7. The van der Waals surface area contributed by atoms with Gasteiger partial charge >= 0.3 is 6.18 Å². The highest BCUT2D eigenvalue weighted by Crippen LogP contribution is 2.29. The lowest BCUT2D eigenvalue weighted by atomic mass is 10.1. The molecule has 2 heterocycles. The number of rotatable bonds is 10. The molecular weight excluding hydrogens is 515 g/mol. The number of halogens is 3. The van der Waals surface area contributed by atoms with Gasteiger partial charge < -0.3 is 16.0 Å². The molecule has 0 bridgehead atoms. The minimum Gasteiger partial charge on any atom is -0.368 e. The van der Waals surface area contributed by atoms with Gasteiger partial charge in [-0.1, -0.05) is 24.3 Å². The Balaban J connectivity index is 1.29. The maximum atomic E-state index is 12.9. The van der Waals surface area contributed by atoms with Crippen LogP contribution in [0.25, 0.3) is 11.3 Å². The first kappa shape index (κ1) is 27.0. The van der Waals surface area contributed by atoms with E-state index in [9.17, 15) is 28.1 Å². The summed E-state index contributed by atoms with van der Waals surface area (Å²) in [5.74, 6) is 0.462. The van der Waals surface area contributed by atoms with Crippen LogP contribution < -0.4 is 16.0 Å². The minimum atomic E-state index is -4.45. The number of carbonyl (C=O) groups is 1. The van der Waals surface area contributed by atoms with Gasteiger partial charge in [0.05, 0.1) is 16.2 Å². The standard InChI is InChI=1S/C26H22F3N7O3/c27-26(28,29)20-3-1-2-17(14-20)15-34-24(37)19-6-4-18(5-7-19)22-10-11-31-25(35-22)32-13-12-30-23-9-8-21(16-33-23)36(38)39/h1-11,14,16H,12-13,15H2,(H,30,33)(H,34,37)(H,31,32,35). The quantitative estimate of drug-likeness (QED) is 0.147. The molecule has 200 valence electrons. The summed E-state index contributed by atoms with van der Waals surface area (Å²) in [6.07, 6.45) is -1.69. The van der Waals surface area contributed by atoms with Gasteiger partial charge in [0.25, 0.3) is 11.6 Å². The number of nitrogens with zero attached hydrogens (tertiary/aromatic N) is 4. The second-order valence-electron chi connectivity index (χ2n) is 8.24. The van der Waals surface area contributed by atoms with E-state index >= 15 is 0 Å². The molecule has 0 unspecified atom stereocenters. The Morgan fingerprint density at radius 3 is 2.41 bits per heavy atom. The van der Waals surface area contributed by atoms with Crippen molar-refractivity contribution in [3.63, 3.8) is 0 Å². The fraction of sp³-hybridized carbons (Fsp3) is 0.154. The second kappa shape index (κ2) is 12.0. The van der Waals surface area contributed by atoms with Crippen molar-refractivity contribution >= 4 is 23.4 Å². The summed E-state index contributed by atoms with van der Waals surface area (Å²) in [5, 5.41) is 19.4. The van der Waals surface area contributed by atoms with Gasteiger partial charge in [0.1, 0.15) is 12.0 Å². The summed E-state index contributed by atoms with van der Waals surface area (Å²) >= 11 is 0. The smallest absolute Gasteiger partial charge is 0.368 e. The number of hydrogen-bond donors (Lipinski definition) is 3. The van der Waals surface area contributed by atoms with Crippen LogP contribution in [-0.2, 0) is 12.7 Å². The minimum absolute atomic E-state index is 0.0411. The van der Waals surface area contributed by atoms with Crippen LogP contribution in [0.3, 0.4) is 0 Å². The third-order valence-electron chi connectivity index (χ3n) is 5.48. The Morgan fingerprint density at radius 2 is 1.72 bits per heavy atom. The highest BCUT2D eigenvalue weighted by molar-refractivity contribution is 5.94. The summed E-state index contributed by atoms with van der Waals surface area (Å²) in [6, 6.07) is 16.0. The lowest BCUT2D eigenvalue weighted by Gasteiger charge is -2.10. The zero-order valence-corrected chi connectivity index (χ0v) is 20.3. The molecule has 0 radical (unpaired) electrons. The number of nitro groups is 1. The van der Waals surface area contributed by atoms with Crippen molar-refractivity contribution in [2.24, 2.45) is 0 Å². The van der Waals surface area contributed by atoms with E-state index in [-0.39, 0.29) is 12.2 Å². The van der Waals surface area contributed by atoms with E-state index in [4.69, 9.17) is 0 Å². The molecule has 0 aliphatic carbocycles. The molecule has 1 amide bonds. The summed E-state index contributed by atoms with van der Waals surface area (Å²) in [6.45, 7) is 0.871. The van der Waals surface area contributed by atoms with Crippen LogP contribution in [-0.4, -0.2) is 38.9 Å². The van der Waals surface area contributed by atoms with Crippen molar-refractivity contribution < 1.29 is 22.9 Å². The molecule has 0 spiro atoms. The number of aromatic nitrogens is 3. The van der Waals surface area contributed by atoms with Crippen molar-refractivity contribution in [2.45, 2.75) is 12.7 Å². The van der Waals surface area contributed by atoms with Gasteiger partial charge in [-0.2, -0.15) is 13.2 Å². The van der Waals surface area contributed by atoms with Crippen LogP contribution in [0.4, 0.5) is 30.6 Å².